The number of likely N-dealkylation sites (tertiary alicyclic amines) is 1. The Kier molecular flexibility index (Phi) is 4.24. The molecule has 5 rings (SSSR count). The van der Waals surface area contributed by atoms with E-state index in [1.165, 1.54) is 0 Å². The van der Waals surface area contributed by atoms with Gasteiger partial charge < -0.3 is 9.64 Å². The Morgan fingerprint density at radius 2 is 1.76 bits per heavy atom. The zero-order valence-electron chi connectivity index (χ0n) is 16.0. The number of hydrogen-bond acceptors (Lipinski definition) is 4. The molecule has 0 radical (unpaired) electrons. The summed E-state index contributed by atoms with van der Waals surface area (Å²) in [5, 5.41) is 5.47. The van der Waals surface area contributed by atoms with Gasteiger partial charge in [-0.3, -0.25) is 4.79 Å². The van der Waals surface area contributed by atoms with E-state index < -0.39 is 0 Å². The molecule has 2 aromatic carbocycles. The number of aromatic nitrogens is 3. The molecule has 2 aromatic heterocycles. The number of fused-ring (bicyclic) bond motifs is 1. The molecule has 0 unspecified atom stereocenters. The van der Waals surface area contributed by atoms with Crippen LogP contribution in [0.2, 0.25) is 0 Å². The van der Waals surface area contributed by atoms with Crippen molar-refractivity contribution in [2.24, 2.45) is 0 Å². The largest absolute Gasteiger partial charge is 0.471 e. The highest BCUT2D eigenvalue weighted by Gasteiger charge is 2.34. The Morgan fingerprint density at radius 1 is 1.00 bits per heavy atom. The molecule has 0 aliphatic carbocycles. The number of carbonyl (C=O) groups is 1. The minimum Gasteiger partial charge on any atom is -0.471 e. The molecule has 1 amide bonds. The highest BCUT2D eigenvalue weighted by atomic mass is 16.5. The zero-order chi connectivity index (χ0) is 19.8. The van der Waals surface area contributed by atoms with Gasteiger partial charge in [-0.1, -0.05) is 36.4 Å². The molecule has 0 bridgehead atoms. The van der Waals surface area contributed by atoms with Gasteiger partial charge in [-0.2, -0.15) is 5.10 Å². The van der Waals surface area contributed by atoms with Crippen molar-refractivity contribution in [2.45, 2.75) is 13.0 Å². The van der Waals surface area contributed by atoms with Crippen molar-refractivity contribution >= 4 is 16.8 Å². The molecule has 0 N–H and O–H groups in total. The van der Waals surface area contributed by atoms with E-state index in [9.17, 15) is 4.79 Å². The molecule has 1 fully saturated rings. The van der Waals surface area contributed by atoms with E-state index in [1.54, 1.807) is 15.8 Å². The Bertz CT molecular complexity index is 1180. The van der Waals surface area contributed by atoms with E-state index in [1.807, 2.05) is 73.7 Å². The van der Waals surface area contributed by atoms with E-state index in [0.717, 1.165) is 22.3 Å². The maximum Gasteiger partial charge on any atom is 0.257 e. The lowest BCUT2D eigenvalue weighted by atomic mass is 10.1. The predicted octanol–water partition coefficient (Wildman–Crippen LogP) is 3.63. The first-order valence-corrected chi connectivity index (χ1v) is 9.61. The lowest BCUT2D eigenvalue weighted by Crippen LogP contribution is -2.56. The van der Waals surface area contributed by atoms with Crippen molar-refractivity contribution in [2.75, 3.05) is 13.1 Å². The van der Waals surface area contributed by atoms with Crippen LogP contribution >= 0.6 is 0 Å². The highest BCUT2D eigenvalue weighted by molar-refractivity contribution is 5.95. The first kappa shape index (κ1) is 17.4. The SMILES string of the molecule is Cc1c(C(=O)N2CC(Oc3ccc4ccccc4n3)C2)cnn1-c1ccccc1. The molecular weight excluding hydrogens is 364 g/mol. The second-order valence-corrected chi connectivity index (χ2v) is 7.18. The first-order chi connectivity index (χ1) is 14.2. The molecule has 0 atom stereocenters. The van der Waals surface area contributed by atoms with Crippen molar-refractivity contribution < 1.29 is 9.53 Å². The van der Waals surface area contributed by atoms with Crippen LogP contribution in [0.5, 0.6) is 5.88 Å². The van der Waals surface area contributed by atoms with Gasteiger partial charge in [-0.15, -0.1) is 0 Å². The van der Waals surface area contributed by atoms with Gasteiger partial charge in [0, 0.05) is 11.5 Å². The normalized spacial score (nSPS) is 14.0. The number of pyridine rings is 1. The standard InChI is InChI=1S/C23H20N4O2/c1-16-20(13-24-27(16)18-8-3-2-4-9-18)23(28)26-14-19(15-26)29-22-12-11-17-7-5-6-10-21(17)25-22/h2-13,19H,14-15H2,1H3. The van der Waals surface area contributed by atoms with Gasteiger partial charge in [0.2, 0.25) is 5.88 Å². The number of hydrogen-bond donors (Lipinski definition) is 0. The molecular formula is C23H20N4O2. The summed E-state index contributed by atoms with van der Waals surface area (Å²) in [6, 6.07) is 21.6. The van der Waals surface area contributed by atoms with E-state index in [2.05, 4.69) is 10.1 Å². The van der Waals surface area contributed by atoms with Gasteiger partial charge in [0.1, 0.15) is 6.10 Å². The smallest absolute Gasteiger partial charge is 0.257 e. The molecule has 29 heavy (non-hydrogen) atoms. The van der Waals surface area contributed by atoms with E-state index in [-0.39, 0.29) is 12.0 Å². The maximum absolute atomic E-state index is 12.9. The van der Waals surface area contributed by atoms with Gasteiger partial charge in [-0.05, 0) is 31.2 Å². The van der Waals surface area contributed by atoms with Crippen LogP contribution in [0.1, 0.15) is 16.1 Å². The first-order valence-electron chi connectivity index (χ1n) is 9.61. The maximum atomic E-state index is 12.9. The number of para-hydroxylation sites is 2. The molecule has 0 saturated carbocycles. The Balaban J connectivity index is 1.25. The topological polar surface area (TPSA) is 60.3 Å². The lowest BCUT2D eigenvalue weighted by Gasteiger charge is -2.38. The minimum absolute atomic E-state index is 0.0176. The third-order valence-corrected chi connectivity index (χ3v) is 5.24. The average molecular weight is 384 g/mol. The van der Waals surface area contributed by atoms with E-state index >= 15 is 0 Å². The fourth-order valence-corrected chi connectivity index (χ4v) is 3.58. The van der Waals surface area contributed by atoms with E-state index in [4.69, 9.17) is 4.74 Å². The predicted molar refractivity (Wildman–Crippen MR) is 110 cm³/mol. The van der Waals surface area contributed by atoms with Crippen LogP contribution in [0.4, 0.5) is 0 Å². The van der Waals surface area contributed by atoms with Crippen LogP contribution in [0.15, 0.2) is 72.9 Å². The number of nitrogens with zero attached hydrogens (tertiary/aromatic N) is 4. The average Bonchev–Trinajstić information content (AvgIpc) is 3.12. The third kappa shape index (κ3) is 3.23. The van der Waals surface area contributed by atoms with Crippen LogP contribution in [-0.4, -0.2) is 44.8 Å². The summed E-state index contributed by atoms with van der Waals surface area (Å²) in [6.07, 6.45) is 1.60. The Labute approximate surface area is 168 Å². The second-order valence-electron chi connectivity index (χ2n) is 7.18. The van der Waals surface area contributed by atoms with Crippen molar-refractivity contribution in [3.63, 3.8) is 0 Å². The summed E-state index contributed by atoms with van der Waals surface area (Å²) >= 11 is 0. The van der Waals surface area contributed by atoms with Crippen LogP contribution < -0.4 is 4.74 Å². The van der Waals surface area contributed by atoms with Gasteiger partial charge in [0.05, 0.1) is 41.7 Å². The number of ether oxygens (including phenoxy) is 1. The number of benzene rings is 2. The highest BCUT2D eigenvalue weighted by Crippen LogP contribution is 2.23. The summed E-state index contributed by atoms with van der Waals surface area (Å²) < 4.78 is 7.75. The number of carbonyl (C=O) groups excluding carboxylic acids is 1. The van der Waals surface area contributed by atoms with Gasteiger partial charge in [0.15, 0.2) is 0 Å². The Hall–Kier alpha value is -3.67. The lowest BCUT2D eigenvalue weighted by molar-refractivity contribution is 0.0161. The fraction of sp³-hybridized carbons (Fsp3) is 0.174. The van der Waals surface area contributed by atoms with Crippen molar-refractivity contribution in [1.29, 1.82) is 0 Å². The summed E-state index contributed by atoms with van der Waals surface area (Å²) in [5.41, 5.74) is 3.30. The molecule has 6 nitrogen and oxygen atoms in total. The Morgan fingerprint density at radius 3 is 2.59 bits per heavy atom. The molecule has 4 aromatic rings. The summed E-state index contributed by atoms with van der Waals surface area (Å²) in [5.74, 6) is 0.574. The number of amides is 1. The van der Waals surface area contributed by atoms with Crippen LogP contribution in [0.25, 0.3) is 16.6 Å². The van der Waals surface area contributed by atoms with Crippen LogP contribution in [0.3, 0.4) is 0 Å². The molecule has 6 heteroatoms. The molecule has 144 valence electrons. The van der Waals surface area contributed by atoms with Crippen LogP contribution in [-0.2, 0) is 0 Å². The van der Waals surface area contributed by atoms with Crippen LogP contribution in [0, 0.1) is 6.92 Å². The monoisotopic (exact) mass is 384 g/mol. The van der Waals surface area contributed by atoms with Gasteiger partial charge >= 0.3 is 0 Å². The van der Waals surface area contributed by atoms with Crippen molar-refractivity contribution in [3.8, 4) is 11.6 Å². The second kappa shape index (κ2) is 7.05. The fourth-order valence-electron chi connectivity index (χ4n) is 3.58. The molecule has 1 aliphatic heterocycles. The molecule has 1 aliphatic rings. The van der Waals surface area contributed by atoms with E-state index in [0.29, 0.717) is 24.5 Å². The van der Waals surface area contributed by atoms with Crippen molar-refractivity contribution in [1.82, 2.24) is 19.7 Å². The van der Waals surface area contributed by atoms with Crippen molar-refractivity contribution in [3.05, 3.63) is 84.2 Å². The molecule has 1 saturated heterocycles. The summed E-state index contributed by atoms with van der Waals surface area (Å²) in [4.78, 5) is 19.2. The van der Waals surface area contributed by atoms with Gasteiger partial charge in [0.25, 0.3) is 5.91 Å². The molecule has 0 spiro atoms. The minimum atomic E-state index is -0.0444. The van der Waals surface area contributed by atoms with Gasteiger partial charge in [-0.25, -0.2) is 9.67 Å². The zero-order valence-corrected chi connectivity index (χ0v) is 16.0. The summed E-state index contributed by atoms with van der Waals surface area (Å²) in [6.45, 7) is 3.01. The quantitative estimate of drug-likeness (QED) is 0.539. The third-order valence-electron chi connectivity index (χ3n) is 5.24. The summed E-state index contributed by atoms with van der Waals surface area (Å²) in [7, 11) is 0. The molecule has 3 heterocycles. The number of rotatable bonds is 4.